The summed E-state index contributed by atoms with van der Waals surface area (Å²) in [5.41, 5.74) is 7.19. The minimum atomic E-state index is 0.587. The molecule has 1 aliphatic rings. The van der Waals surface area contributed by atoms with Crippen LogP contribution in [0.4, 0.5) is 0 Å². The maximum Gasteiger partial charge on any atom is 0.119 e. The minimum Gasteiger partial charge on any atom is -0.497 e. The summed E-state index contributed by atoms with van der Waals surface area (Å²) in [6.07, 6.45) is 4.98. The lowest BCUT2D eigenvalue weighted by Crippen LogP contribution is -2.44. The fourth-order valence-electron chi connectivity index (χ4n) is 2.72. The molecule has 1 heterocycles. The molecule has 0 amide bonds. The van der Waals surface area contributed by atoms with E-state index in [1.165, 1.54) is 31.4 Å². The van der Waals surface area contributed by atoms with Crippen LogP contribution in [0.25, 0.3) is 0 Å². The van der Waals surface area contributed by atoms with Crippen molar-refractivity contribution in [2.24, 2.45) is 5.73 Å². The maximum absolute atomic E-state index is 5.85. The zero-order chi connectivity index (χ0) is 12.8. The van der Waals surface area contributed by atoms with Gasteiger partial charge in [0.1, 0.15) is 5.75 Å². The van der Waals surface area contributed by atoms with E-state index >= 15 is 0 Å². The summed E-state index contributed by atoms with van der Waals surface area (Å²) in [7, 11) is 1.72. The van der Waals surface area contributed by atoms with E-state index in [1.54, 1.807) is 7.11 Å². The Labute approximate surface area is 110 Å². The van der Waals surface area contributed by atoms with E-state index in [2.05, 4.69) is 23.1 Å². The molecule has 1 aromatic carbocycles. The molecule has 1 aliphatic heterocycles. The maximum atomic E-state index is 5.85. The third-order valence-corrected chi connectivity index (χ3v) is 3.84. The van der Waals surface area contributed by atoms with E-state index in [9.17, 15) is 0 Å². The molecule has 2 rings (SSSR count). The van der Waals surface area contributed by atoms with Crippen LogP contribution in [0.5, 0.6) is 5.75 Å². The molecule has 2 N–H and O–H groups in total. The van der Waals surface area contributed by atoms with Crippen LogP contribution >= 0.6 is 0 Å². The van der Waals surface area contributed by atoms with E-state index in [1.807, 2.05) is 6.07 Å². The highest BCUT2D eigenvalue weighted by atomic mass is 16.5. The van der Waals surface area contributed by atoms with Gasteiger partial charge in [-0.2, -0.15) is 0 Å². The van der Waals surface area contributed by atoms with E-state index in [0.29, 0.717) is 6.04 Å². The van der Waals surface area contributed by atoms with E-state index in [4.69, 9.17) is 10.5 Å². The Hall–Kier alpha value is -1.06. The highest BCUT2D eigenvalue weighted by Crippen LogP contribution is 2.18. The first-order valence-electron chi connectivity index (χ1n) is 6.90. The molecule has 1 aromatic rings. The third kappa shape index (κ3) is 3.47. The standard InChI is InChI=1S/C15H24N2O/c1-18-15-7-4-5-13(11-15)8-10-17-9-3-2-6-14(17)12-16/h4-5,7,11,14H,2-3,6,8-10,12,16H2,1H3/t14-/m0/s1. The Morgan fingerprint density at radius 2 is 2.28 bits per heavy atom. The van der Waals surface area contributed by atoms with Gasteiger partial charge in [0.25, 0.3) is 0 Å². The number of nitrogens with two attached hydrogens (primary N) is 1. The van der Waals surface area contributed by atoms with Gasteiger partial charge in [-0.15, -0.1) is 0 Å². The predicted molar refractivity (Wildman–Crippen MR) is 75.0 cm³/mol. The molecule has 0 bridgehead atoms. The van der Waals surface area contributed by atoms with Crippen molar-refractivity contribution in [3.05, 3.63) is 29.8 Å². The Morgan fingerprint density at radius 3 is 3.06 bits per heavy atom. The number of hydrogen-bond acceptors (Lipinski definition) is 3. The van der Waals surface area contributed by atoms with Crippen LogP contribution in [0, 0.1) is 0 Å². The number of methoxy groups -OCH3 is 1. The summed E-state index contributed by atoms with van der Waals surface area (Å²) < 4.78 is 5.26. The van der Waals surface area contributed by atoms with Gasteiger partial charge in [0, 0.05) is 19.1 Å². The summed E-state index contributed by atoms with van der Waals surface area (Å²) in [6.45, 7) is 3.10. The van der Waals surface area contributed by atoms with Crippen molar-refractivity contribution in [3.63, 3.8) is 0 Å². The van der Waals surface area contributed by atoms with Crippen molar-refractivity contribution in [2.75, 3.05) is 26.7 Å². The molecule has 3 nitrogen and oxygen atoms in total. The van der Waals surface area contributed by atoms with Crippen LogP contribution in [-0.4, -0.2) is 37.7 Å². The highest BCUT2D eigenvalue weighted by molar-refractivity contribution is 5.28. The van der Waals surface area contributed by atoms with Gasteiger partial charge < -0.3 is 10.5 Å². The van der Waals surface area contributed by atoms with Crippen LogP contribution in [0.15, 0.2) is 24.3 Å². The van der Waals surface area contributed by atoms with Gasteiger partial charge in [0.2, 0.25) is 0 Å². The molecule has 1 saturated heterocycles. The average Bonchev–Trinajstić information content (AvgIpc) is 2.45. The summed E-state index contributed by atoms with van der Waals surface area (Å²) in [5, 5.41) is 0. The van der Waals surface area contributed by atoms with Crippen molar-refractivity contribution < 1.29 is 4.74 Å². The minimum absolute atomic E-state index is 0.587. The number of benzene rings is 1. The Balaban J connectivity index is 1.89. The average molecular weight is 248 g/mol. The largest absolute Gasteiger partial charge is 0.497 e. The SMILES string of the molecule is COc1cccc(CCN2CCCC[C@H]2CN)c1. The van der Waals surface area contributed by atoms with Gasteiger partial charge in [-0.05, 0) is 43.5 Å². The Bertz CT molecular complexity index is 367. The number of nitrogens with zero attached hydrogens (tertiary/aromatic N) is 1. The lowest BCUT2D eigenvalue weighted by molar-refractivity contribution is 0.155. The van der Waals surface area contributed by atoms with E-state index < -0.39 is 0 Å². The fraction of sp³-hybridized carbons (Fsp3) is 0.600. The summed E-state index contributed by atoms with van der Waals surface area (Å²) in [4.78, 5) is 2.54. The molecule has 3 heteroatoms. The Kier molecular flexibility index (Phi) is 5.02. The molecule has 0 aliphatic carbocycles. The molecule has 0 aromatic heterocycles. The van der Waals surface area contributed by atoms with Crippen LogP contribution in [0.3, 0.4) is 0 Å². The third-order valence-electron chi connectivity index (χ3n) is 3.84. The van der Waals surface area contributed by atoms with Gasteiger partial charge in [-0.25, -0.2) is 0 Å². The fourth-order valence-corrected chi connectivity index (χ4v) is 2.72. The van der Waals surface area contributed by atoms with E-state index in [0.717, 1.165) is 25.3 Å². The van der Waals surface area contributed by atoms with Gasteiger partial charge >= 0.3 is 0 Å². The molecule has 0 spiro atoms. The molecular formula is C15H24N2O. The zero-order valence-electron chi connectivity index (χ0n) is 11.3. The van der Waals surface area contributed by atoms with Crippen molar-refractivity contribution in [1.29, 1.82) is 0 Å². The molecule has 1 fully saturated rings. The smallest absolute Gasteiger partial charge is 0.119 e. The van der Waals surface area contributed by atoms with Gasteiger partial charge in [-0.3, -0.25) is 4.90 Å². The first kappa shape index (κ1) is 13.4. The van der Waals surface area contributed by atoms with Crippen LogP contribution in [0.1, 0.15) is 24.8 Å². The quantitative estimate of drug-likeness (QED) is 0.866. The van der Waals surface area contributed by atoms with Crippen LogP contribution in [-0.2, 0) is 6.42 Å². The van der Waals surface area contributed by atoms with Crippen molar-refractivity contribution >= 4 is 0 Å². The van der Waals surface area contributed by atoms with Crippen LogP contribution < -0.4 is 10.5 Å². The zero-order valence-corrected chi connectivity index (χ0v) is 11.3. The summed E-state index contributed by atoms with van der Waals surface area (Å²) in [5.74, 6) is 0.946. The highest BCUT2D eigenvalue weighted by Gasteiger charge is 2.20. The Morgan fingerprint density at radius 1 is 1.39 bits per heavy atom. The first-order chi connectivity index (χ1) is 8.83. The predicted octanol–water partition coefficient (Wildman–Crippen LogP) is 2.05. The number of ether oxygens (including phenoxy) is 1. The monoisotopic (exact) mass is 248 g/mol. The second-order valence-electron chi connectivity index (χ2n) is 5.02. The lowest BCUT2D eigenvalue weighted by Gasteiger charge is -2.35. The normalized spacial score (nSPS) is 20.9. The number of piperidine rings is 1. The molecule has 1 atom stereocenters. The molecule has 0 saturated carbocycles. The van der Waals surface area contributed by atoms with Crippen molar-refractivity contribution in [3.8, 4) is 5.75 Å². The van der Waals surface area contributed by atoms with Gasteiger partial charge in [-0.1, -0.05) is 18.6 Å². The molecular weight excluding hydrogens is 224 g/mol. The second-order valence-corrected chi connectivity index (χ2v) is 5.02. The van der Waals surface area contributed by atoms with Crippen molar-refractivity contribution in [1.82, 2.24) is 4.90 Å². The first-order valence-corrected chi connectivity index (χ1v) is 6.90. The van der Waals surface area contributed by atoms with Crippen LogP contribution in [0.2, 0.25) is 0 Å². The van der Waals surface area contributed by atoms with Crippen molar-refractivity contribution in [2.45, 2.75) is 31.7 Å². The van der Waals surface area contributed by atoms with E-state index in [-0.39, 0.29) is 0 Å². The van der Waals surface area contributed by atoms with Gasteiger partial charge in [0.05, 0.1) is 7.11 Å². The molecule has 18 heavy (non-hydrogen) atoms. The summed E-state index contributed by atoms with van der Waals surface area (Å²) in [6, 6.07) is 8.94. The second kappa shape index (κ2) is 6.76. The molecule has 0 radical (unpaired) electrons. The molecule has 0 unspecified atom stereocenters. The lowest BCUT2D eigenvalue weighted by atomic mass is 10.0. The number of likely N-dealkylation sites (tertiary alicyclic amines) is 1. The number of rotatable bonds is 5. The van der Waals surface area contributed by atoms with Gasteiger partial charge in [0.15, 0.2) is 0 Å². The topological polar surface area (TPSA) is 38.5 Å². The number of hydrogen-bond donors (Lipinski definition) is 1. The summed E-state index contributed by atoms with van der Waals surface area (Å²) >= 11 is 0. The molecule has 100 valence electrons.